The number of unbranched alkanes of at least 4 members (excludes halogenated alkanes) is 5. The van der Waals surface area contributed by atoms with E-state index in [1.54, 1.807) is 0 Å². The van der Waals surface area contributed by atoms with Crippen LogP contribution in [0.1, 0.15) is 98.3 Å². The van der Waals surface area contributed by atoms with Gasteiger partial charge in [-0.2, -0.15) is 25.3 Å². The smallest absolute Gasteiger partial charge is 0.297 e. The highest BCUT2D eigenvalue weighted by Gasteiger charge is 2.34. The van der Waals surface area contributed by atoms with Crippen molar-refractivity contribution in [3.05, 3.63) is 12.1 Å². The predicted molar refractivity (Wildman–Crippen MR) is 169 cm³/mol. The van der Waals surface area contributed by atoms with E-state index in [1.807, 2.05) is 0 Å². The first-order chi connectivity index (χ1) is 19.4. The van der Waals surface area contributed by atoms with Crippen molar-refractivity contribution in [2.45, 2.75) is 119 Å². The van der Waals surface area contributed by atoms with Gasteiger partial charge in [0.2, 0.25) is 0 Å². The van der Waals surface area contributed by atoms with Crippen molar-refractivity contribution in [3.8, 4) is 0 Å². The monoisotopic (exact) mass is 674 g/mol. The van der Waals surface area contributed by atoms with Crippen molar-refractivity contribution in [2.24, 2.45) is 17.6 Å². The molecule has 2 unspecified atom stereocenters. The van der Waals surface area contributed by atoms with Gasteiger partial charge in [0.25, 0.3) is 30.4 Å². The second-order valence-electron chi connectivity index (χ2n) is 11.7. The van der Waals surface area contributed by atoms with E-state index < -0.39 is 45.0 Å². The first-order valence-corrected chi connectivity index (χ1v) is 20.2. The van der Waals surface area contributed by atoms with E-state index in [9.17, 15) is 38.9 Å². The molecule has 0 heterocycles. The predicted octanol–water partition coefficient (Wildman–Crippen LogP) is 4.92. The highest BCUT2D eigenvalue weighted by Crippen LogP contribution is 2.31. The number of hydrogen-bond donors (Lipinski definition) is 4. The summed E-state index contributed by atoms with van der Waals surface area (Å²) in [6.45, 7) is 10.3. The molecule has 1 aromatic carbocycles. The van der Waals surface area contributed by atoms with Crippen LogP contribution in [0, 0.1) is 11.8 Å². The van der Waals surface area contributed by atoms with E-state index in [2.05, 4.69) is 32.6 Å². The molecule has 42 heavy (non-hydrogen) atoms. The van der Waals surface area contributed by atoms with Crippen molar-refractivity contribution < 1.29 is 38.9 Å². The number of hydrogen-bond acceptors (Lipinski definition) is 8. The number of benzene rings is 1. The van der Waals surface area contributed by atoms with Crippen LogP contribution >= 0.6 is 8.58 Å². The van der Waals surface area contributed by atoms with Crippen molar-refractivity contribution in [3.63, 3.8) is 0 Å². The Morgan fingerprint density at radius 1 is 0.667 bits per heavy atom. The molecule has 1 rings (SSSR count). The van der Waals surface area contributed by atoms with Gasteiger partial charge >= 0.3 is 0 Å². The third kappa shape index (κ3) is 14.9. The lowest BCUT2D eigenvalue weighted by atomic mass is 10.0. The lowest BCUT2D eigenvalue weighted by Crippen LogP contribution is -2.43. The highest BCUT2D eigenvalue weighted by atomic mass is 32.2. The summed E-state index contributed by atoms with van der Waals surface area (Å²) in [6, 6.07) is 1.73. The standard InChI is InChI=1S/C27H51N2O9PS3/c1-21(2)13-8-5-6-11-18-29(25(28)15-10-7-9-14-22(3)4)19-12-20-39-23-16-17-24(40(30,31)32)27(42(36,37)38)26(23)41(33,34)35/h16-17,21-22,25,39H,5-15,18-20,28H2,1-4H3,(H,30,31,32)(H,33,34,35)(H,36,37,38). The van der Waals surface area contributed by atoms with Gasteiger partial charge in [0.05, 0.1) is 6.17 Å². The summed E-state index contributed by atoms with van der Waals surface area (Å²) in [5.74, 6) is 1.36. The number of nitrogens with two attached hydrogens (primary N) is 1. The highest BCUT2D eigenvalue weighted by molar-refractivity contribution is 7.91. The summed E-state index contributed by atoms with van der Waals surface area (Å²) in [4.78, 5) is -1.90. The van der Waals surface area contributed by atoms with E-state index in [1.165, 1.54) is 25.7 Å². The van der Waals surface area contributed by atoms with Gasteiger partial charge in [0.1, 0.15) is 14.7 Å². The topological polar surface area (TPSA) is 192 Å². The summed E-state index contributed by atoms with van der Waals surface area (Å²) < 4.78 is 100. The number of rotatable bonds is 22. The molecule has 0 saturated heterocycles. The molecule has 0 aliphatic rings. The van der Waals surface area contributed by atoms with Crippen LogP contribution in [0.4, 0.5) is 0 Å². The van der Waals surface area contributed by atoms with Gasteiger partial charge < -0.3 is 5.73 Å². The Hall–Kier alpha value is -0.700. The molecule has 0 amide bonds. The third-order valence-electron chi connectivity index (χ3n) is 7.03. The minimum absolute atomic E-state index is 0.128. The second kappa shape index (κ2) is 18.3. The summed E-state index contributed by atoms with van der Waals surface area (Å²) in [7, 11) is -16.3. The first-order valence-electron chi connectivity index (χ1n) is 14.7. The van der Waals surface area contributed by atoms with Gasteiger partial charge in [-0.3, -0.25) is 18.6 Å². The summed E-state index contributed by atoms with van der Waals surface area (Å²) in [5.41, 5.74) is 6.58. The van der Waals surface area contributed by atoms with Crippen LogP contribution < -0.4 is 11.0 Å². The van der Waals surface area contributed by atoms with Gasteiger partial charge in [-0.05, 0) is 61.7 Å². The average molecular weight is 675 g/mol. The van der Waals surface area contributed by atoms with Gasteiger partial charge in [-0.1, -0.05) is 93.7 Å². The molecule has 0 saturated carbocycles. The molecule has 0 bridgehead atoms. The van der Waals surface area contributed by atoms with Crippen LogP contribution in [0.25, 0.3) is 0 Å². The van der Waals surface area contributed by atoms with E-state index in [-0.39, 0.29) is 20.1 Å². The Bertz CT molecular complexity index is 1290. The average Bonchev–Trinajstić information content (AvgIpc) is 2.84. The van der Waals surface area contributed by atoms with E-state index in [0.717, 1.165) is 51.1 Å². The van der Waals surface area contributed by atoms with Crippen molar-refractivity contribution in [2.75, 3.05) is 19.3 Å². The Labute approximate surface area is 255 Å². The molecule has 11 nitrogen and oxygen atoms in total. The minimum atomic E-state index is -5.45. The summed E-state index contributed by atoms with van der Waals surface area (Å²) in [6.07, 6.45) is 11.9. The Morgan fingerprint density at radius 3 is 1.64 bits per heavy atom. The maximum Gasteiger partial charge on any atom is 0.297 e. The van der Waals surface area contributed by atoms with Crippen molar-refractivity contribution in [1.29, 1.82) is 0 Å². The quantitative estimate of drug-likeness (QED) is 0.0565. The van der Waals surface area contributed by atoms with Gasteiger partial charge in [0, 0.05) is 0 Å². The fourth-order valence-electron chi connectivity index (χ4n) is 4.82. The second-order valence-corrected chi connectivity index (χ2v) is 17.2. The van der Waals surface area contributed by atoms with E-state index in [4.69, 9.17) is 5.73 Å². The van der Waals surface area contributed by atoms with Crippen LogP contribution in [0.15, 0.2) is 26.8 Å². The third-order valence-corrected chi connectivity index (χ3v) is 11.7. The Morgan fingerprint density at radius 2 is 1.14 bits per heavy atom. The fraction of sp³-hybridized carbons (Fsp3) is 0.778. The molecule has 0 aliphatic heterocycles. The first kappa shape index (κ1) is 39.3. The maximum atomic E-state index is 12.1. The molecule has 2 atom stereocenters. The number of nitrogens with zero attached hydrogens (tertiary/aromatic N) is 1. The van der Waals surface area contributed by atoms with Gasteiger partial charge in [-0.15, -0.1) is 0 Å². The van der Waals surface area contributed by atoms with Crippen LogP contribution in [0.3, 0.4) is 0 Å². The van der Waals surface area contributed by atoms with Crippen LogP contribution in [-0.4, -0.2) is 69.2 Å². The summed E-state index contributed by atoms with van der Waals surface area (Å²) >= 11 is 0. The van der Waals surface area contributed by atoms with Crippen LogP contribution in [0.5, 0.6) is 0 Å². The van der Waals surface area contributed by atoms with Gasteiger partial charge in [-0.25, -0.2) is 0 Å². The molecule has 5 N–H and O–H groups in total. The molecule has 0 radical (unpaired) electrons. The van der Waals surface area contributed by atoms with E-state index >= 15 is 0 Å². The SMILES string of the molecule is CC(C)CCCCCCN(CCCPc1ccc(S(=O)(=O)O)c(S(=O)(=O)O)c1S(=O)(=O)O)C(N)CCCCCC(C)C. The maximum absolute atomic E-state index is 12.1. The molecule has 246 valence electrons. The molecule has 0 aliphatic carbocycles. The Balaban J connectivity index is 2.97. The molecule has 1 aromatic rings. The lowest BCUT2D eigenvalue weighted by Gasteiger charge is -2.29. The zero-order valence-electron chi connectivity index (χ0n) is 25.3. The molecule has 15 heteroatoms. The zero-order valence-corrected chi connectivity index (χ0v) is 28.8. The van der Waals surface area contributed by atoms with Crippen molar-refractivity contribution in [1.82, 2.24) is 4.90 Å². The fourth-order valence-corrected chi connectivity index (χ4v) is 9.87. The summed E-state index contributed by atoms with van der Waals surface area (Å²) in [5, 5.41) is -0.163. The zero-order chi connectivity index (χ0) is 32.1. The van der Waals surface area contributed by atoms with Crippen molar-refractivity contribution >= 4 is 44.2 Å². The van der Waals surface area contributed by atoms with Crippen LogP contribution in [-0.2, 0) is 30.4 Å². The minimum Gasteiger partial charge on any atom is -0.316 e. The molecule has 0 fully saturated rings. The lowest BCUT2D eigenvalue weighted by molar-refractivity contribution is 0.183. The Kier molecular flexibility index (Phi) is 17.1. The normalized spacial score (nSPS) is 14.2. The molecule has 0 aromatic heterocycles. The van der Waals surface area contributed by atoms with Gasteiger partial charge in [0.15, 0.2) is 0 Å². The molecule has 0 spiro atoms. The molecular formula is C27H51N2O9PS3. The van der Waals surface area contributed by atoms with E-state index in [0.29, 0.717) is 37.0 Å². The largest absolute Gasteiger partial charge is 0.316 e. The van der Waals surface area contributed by atoms with Crippen LogP contribution in [0.2, 0.25) is 0 Å². The molecular weight excluding hydrogens is 623 g/mol.